The minimum absolute atomic E-state index is 0.797. The molecule has 0 spiro atoms. The second-order valence-electron chi connectivity index (χ2n) is 2.95. The van der Waals surface area contributed by atoms with Crippen molar-refractivity contribution in [3.8, 4) is 5.75 Å². The second-order valence-corrected chi connectivity index (χ2v) is 3.92. The highest BCUT2D eigenvalue weighted by Gasteiger charge is 1.97. The van der Waals surface area contributed by atoms with Crippen molar-refractivity contribution in [1.29, 1.82) is 0 Å². The van der Waals surface area contributed by atoms with Crippen LogP contribution in [-0.4, -0.2) is 14.3 Å². The van der Waals surface area contributed by atoms with Gasteiger partial charge >= 0.3 is 8.05 Å². The number of hydrogen-bond acceptors (Lipinski definition) is 3. The fourth-order valence-electron chi connectivity index (χ4n) is 1.23. The summed E-state index contributed by atoms with van der Waals surface area (Å²) >= 11 is 1.67. The summed E-state index contributed by atoms with van der Waals surface area (Å²) in [6.07, 6.45) is 1.85. The van der Waals surface area contributed by atoms with Gasteiger partial charge in [0.2, 0.25) is 0 Å². The molecule has 2 aromatic rings. The summed E-state index contributed by atoms with van der Waals surface area (Å²) in [6, 6.07) is 11.8. The molecular weight excluding hydrogens is 205 g/mol. The van der Waals surface area contributed by atoms with Crippen LogP contribution in [0.25, 0.3) is 0 Å². The Morgan fingerprint density at radius 3 is 2.80 bits per heavy atom. The molecular formula is C11H10BNOS. The van der Waals surface area contributed by atoms with E-state index in [9.17, 15) is 0 Å². The van der Waals surface area contributed by atoms with Gasteiger partial charge in [0.25, 0.3) is 0 Å². The summed E-state index contributed by atoms with van der Waals surface area (Å²) in [5.41, 5.74) is 0.855. The lowest BCUT2D eigenvalue weighted by Crippen LogP contribution is -1.85. The Labute approximate surface area is 93.7 Å². The van der Waals surface area contributed by atoms with Crippen LogP contribution in [0.3, 0.4) is 0 Å². The molecule has 15 heavy (non-hydrogen) atoms. The lowest BCUT2D eigenvalue weighted by atomic mass is 10.3. The predicted molar refractivity (Wildman–Crippen MR) is 67.2 cm³/mol. The average Bonchev–Trinajstić information content (AvgIpc) is 2.79. The molecule has 0 aliphatic carbocycles. The van der Waals surface area contributed by atoms with Crippen LogP contribution in [0.2, 0.25) is 0 Å². The molecule has 0 unspecified atom stereocenters. The Kier molecular flexibility index (Phi) is 3.20. The number of nitrogens with zero attached hydrogens (tertiary/aromatic N) is 1. The Morgan fingerprint density at radius 1 is 1.20 bits per heavy atom. The molecule has 1 heterocycles. The van der Waals surface area contributed by atoms with E-state index < -0.39 is 0 Å². The average molecular weight is 215 g/mol. The monoisotopic (exact) mass is 215 g/mol. The zero-order chi connectivity index (χ0) is 10.5. The van der Waals surface area contributed by atoms with Gasteiger partial charge in [0.1, 0.15) is 11.4 Å². The predicted octanol–water partition coefficient (Wildman–Crippen LogP) is 2.43. The zero-order valence-electron chi connectivity index (χ0n) is 8.38. The number of rotatable bonds is 3. The molecule has 2 nitrogen and oxygen atoms in total. The molecule has 0 N–H and O–H groups in total. The quantitative estimate of drug-likeness (QED) is 0.569. The fourth-order valence-corrected chi connectivity index (χ4v) is 1.82. The molecule has 0 amide bonds. The highest BCUT2D eigenvalue weighted by atomic mass is 32.1. The minimum atomic E-state index is 0.797. The van der Waals surface area contributed by atoms with Gasteiger partial charge in [-0.25, -0.2) is 0 Å². The van der Waals surface area contributed by atoms with Crippen molar-refractivity contribution >= 4 is 31.3 Å². The minimum Gasteiger partial charge on any atom is -0.566 e. The molecule has 0 aliphatic rings. The van der Waals surface area contributed by atoms with E-state index in [-0.39, 0.29) is 0 Å². The summed E-state index contributed by atoms with van der Waals surface area (Å²) in [5.74, 6) is 0.797. The normalized spacial score (nSPS) is 10.7. The van der Waals surface area contributed by atoms with Crippen LogP contribution < -0.4 is 4.65 Å². The van der Waals surface area contributed by atoms with E-state index >= 15 is 0 Å². The molecule has 0 fully saturated rings. The van der Waals surface area contributed by atoms with Gasteiger partial charge in [-0.05, 0) is 23.6 Å². The van der Waals surface area contributed by atoms with Crippen molar-refractivity contribution in [2.75, 3.05) is 0 Å². The zero-order valence-corrected chi connectivity index (χ0v) is 9.20. The molecule has 0 bridgehead atoms. The standard InChI is InChI=1S/C11H10BNOS/c12-14-11-6-2-1-5-10(11)13-8-9-4-3-7-15-9/h1-8H,12H2/b13-8+. The molecule has 0 atom stereocenters. The Hall–Kier alpha value is -1.55. The molecule has 0 saturated heterocycles. The van der Waals surface area contributed by atoms with Crippen molar-refractivity contribution in [1.82, 2.24) is 0 Å². The topological polar surface area (TPSA) is 21.6 Å². The first-order valence-corrected chi connectivity index (χ1v) is 5.49. The smallest absolute Gasteiger partial charge is 0.322 e. The van der Waals surface area contributed by atoms with E-state index in [0.717, 1.165) is 16.3 Å². The van der Waals surface area contributed by atoms with E-state index in [4.69, 9.17) is 4.65 Å². The highest BCUT2D eigenvalue weighted by Crippen LogP contribution is 2.26. The van der Waals surface area contributed by atoms with E-state index in [1.165, 1.54) is 0 Å². The third-order valence-electron chi connectivity index (χ3n) is 1.96. The Bertz CT molecular complexity index is 453. The maximum Gasteiger partial charge on any atom is 0.322 e. The largest absolute Gasteiger partial charge is 0.566 e. The molecule has 4 heteroatoms. The van der Waals surface area contributed by atoms with E-state index in [2.05, 4.69) is 4.99 Å². The van der Waals surface area contributed by atoms with Crippen LogP contribution in [-0.2, 0) is 0 Å². The molecule has 0 radical (unpaired) electrons. The SMILES string of the molecule is BOc1ccccc1/N=C/c1cccs1. The third kappa shape index (κ3) is 2.47. The van der Waals surface area contributed by atoms with Crippen molar-refractivity contribution in [3.63, 3.8) is 0 Å². The third-order valence-corrected chi connectivity index (χ3v) is 2.77. The maximum atomic E-state index is 5.20. The van der Waals surface area contributed by atoms with Crippen LogP contribution in [0.5, 0.6) is 5.75 Å². The molecule has 1 aromatic heterocycles. The molecule has 74 valence electrons. The van der Waals surface area contributed by atoms with Gasteiger partial charge in [0.15, 0.2) is 0 Å². The number of hydrogen-bond donors (Lipinski definition) is 0. The van der Waals surface area contributed by atoms with Gasteiger partial charge in [0.05, 0.1) is 0 Å². The molecule has 2 rings (SSSR count). The van der Waals surface area contributed by atoms with Crippen molar-refractivity contribution < 1.29 is 4.65 Å². The summed E-state index contributed by atoms with van der Waals surface area (Å²) in [6.45, 7) is 0. The second kappa shape index (κ2) is 4.80. The first kappa shape index (κ1) is 9.99. The summed E-state index contributed by atoms with van der Waals surface area (Å²) in [4.78, 5) is 5.52. The van der Waals surface area contributed by atoms with E-state index in [1.54, 1.807) is 19.4 Å². The molecule has 0 aliphatic heterocycles. The van der Waals surface area contributed by atoms with Crippen molar-refractivity contribution in [2.45, 2.75) is 0 Å². The fraction of sp³-hybridized carbons (Fsp3) is 0. The van der Waals surface area contributed by atoms with Crippen molar-refractivity contribution in [3.05, 3.63) is 46.7 Å². The van der Waals surface area contributed by atoms with Crippen LogP contribution in [0.15, 0.2) is 46.8 Å². The van der Waals surface area contributed by atoms with Gasteiger partial charge in [-0.1, -0.05) is 18.2 Å². The van der Waals surface area contributed by atoms with Crippen LogP contribution in [0, 0.1) is 0 Å². The van der Waals surface area contributed by atoms with Crippen molar-refractivity contribution in [2.24, 2.45) is 4.99 Å². The van der Waals surface area contributed by atoms with Crippen LogP contribution in [0.4, 0.5) is 5.69 Å². The molecule has 1 aromatic carbocycles. The number of para-hydroxylation sites is 2. The highest BCUT2D eigenvalue weighted by molar-refractivity contribution is 7.11. The summed E-state index contributed by atoms with van der Waals surface area (Å²) < 4.78 is 5.20. The van der Waals surface area contributed by atoms with Gasteiger partial charge < -0.3 is 4.65 Å². The van der Waals surface area contributed by atoms with Gasteiger partial charge in [-0.15, -0.1) is 11.3 Å². The maximum absolute atomic E-state index is 5.20. The summed E-state index contributed by atoms with van der Waals surface area (Å²) in [7, 11) is 1.65. The number of benzene rings is 1. The first-order chi connectivity index (χ1) is 7.40. The summed E-state index contributed by atoms with van der Waals surface area (Å²) in [5, 5.41) is 2.03. The van der Waals surface area contributed by atoms with Gasteiger partial charge in [-0.2, -0.15) is 0 Å². The first-order valence-electron chi connectivity index (χ1n) is 4.61. The Morgan fingerprint density at radius 2 is 2.07 bits per heavy atom. The Balaban J connectivity index is 2.24. The van der Waals surface area contributed by atoms with Crippen LogP contribution >= 0.6 is 11.3 Å². The lowest BCUT2D eigenvalue weighted by Gasteiger charge is -2.02. The number of thiophene rings is 1. The van der Waals surface area contributed by atoms with Gasteiger partial charge in [-0.3, -0.25) is 4.99 Å². The van der Waals surface area contributed by atoms with Gasteiger partial charge in [0, 0.05) is 11.1 Å². The van der Waals surface area contributed by atoms with Crippen LogP contribution in [0.1, 0.15) is 4.88 Å². The molecule has 0 saturated carbocycles. The van der Waals surface area contributed by atoms with E-state index in [0.29, 0.717) is 0 Å². The number of aliphatic imine (C=N–C) groups is 1. The lowest BCUT2D eigenvalue weighted by molar-refractivity contribution is 0.618. The van der Waals surface area contributed by atoms with E-state index in [1.807, 2.05) is 48.0 Å².